The van der Waals surface area contributed by atoms with Crippen LogP contribution in [-0.4, -0.2) is 11.3 Å². The van der Waals surface area contributed by atoms with Crippen molar-refractivity contribution in [3.8, 4) is 0 Å². The number of hydrogen-bond donors (Lipinski definition) is 2. The summed E-state index contributed by atoms with van der Waals surface area (Å²) >= 11 is 3.73. The molecule has 0 aliphatic heterocycles. The lowest BCUT2D eigenvalue weighted by Crippen LogP contribution is -2.27. The van der Waals surface area contributed by atoms with E-state index in [0.717, 1.165) is 6.42 Å². The van der Waals surface area contributed by atoms with Gasteiger partial charge in [0.2, 0.25) is 0 Å². The average Bonchev–Trinajstić information content (AvgIpc) is 2.47. The zero-order valence-corrected chi connectivity index (χ0v) is 15.9. The number of unbranched alkanes of at least 4 members (excludes halogenated alkanes) is 13. The van der Waals surface area contributed by atoms with Crippen LogP contribution in [0.1, 0.15) is 110 Å². The van der Waals surface area contributed by atoms with Gasteiger partial charge < -0.3 is 5.32 Å². The minimum Gasteiger partial charge on any atom is -0.345 e. The number of carbonyl (C=O) groups is 1. The van der Waals surface area contributed by atoms with Crippen molar-refractivity contribution < 1.29 is 4.79 Å². The lowest BCUT2D eigenvalue weighted by atomic mass is 10.0. The molecule has 0 rings (SSSR count). The van der Waals surface area contributed by atoms with Gasteiger partial charge in [0.1, 0.15) is 0 Å². The summed E-state index contributed by atoms with van der Waals surface area (Å²) in [4.78, 5) is 10.8. The first-order valence-corrected chi connectivity index (χ1v) is 10.1. The molecule has 1 atom stereocenters. The fraction of sp³-hybridized carbons (Fsp3) is 0.947. The van der Waals surface area contributed by atoms with Crippen LogP contribution in [0.25, 0.3) is 0 Å². The van der Waals surface area contributed by atoms with E-state index < -0.39 is 0 Å². The van der Waals surface area contributed by atoms with E-state index in [0.29, 0.717) is 0 Å². The topological polar surface area (TPSA) is 29.1 Å². The van der Waals surface area contributed by atoms with E-state index in [-0.39, 0.29) is 11.3 Å². The monoisotopic (exact) mass is 329 g/mol. The molecule has 0 aromatic carbocycles. The summed E-state index contributed by atoms with van der Waals surface area (Å²) in [5, 5.41) is 2.60. The summed E-state index contributed by atoms with van der Waals surface area (Å²) in [5.74, 6) is 0. The van der Waals surface area contributed by atoms with Crippen molar-refractivity contribution in [3.63, 3.8) is 0 Å². The Morgan fingerprint density at radius 2 is 1.14 bits per heavy atom. The van der Waals surface area contributed by atoms with E-state index in [1.165, 1.54) is 89.9 Å². The highest BCUT2D eigenvalue weighted by Crippen LogP contribution is 2.13. The van der Waals surface area contributed by atoms with Gasteiger partial charge in [-0.2, -0.15) is 0 Å². The molecule has 2 nitrogen and oxygen atoms in total. The molecule has 1 N–H and O–H groups in total. The highest BCUT2D eigenvalue weighted by atomic mass is 32.1. The maximum Gasteiger partial charge on any atom is 0.276 e. The number of hydrogen-bond acceptors (Lipinski definition) is 1. The van der Waals surface area contributed by atoms with E-state index in [2.05, 4.69) is 31.8 Å². The average molecular weight is 330 g/mol. The smallest absolute Gasteiger partial charge is 0.276 e. The second-order valence-corrected chi connectivity index (χ2v) is 7.14. The van der Waals surface area contributed by atoms with Gasteiger partial charge in [-0.25, -0.2) is 0 Å². The second kappa shape index (κ2) is 17.2. The Hall–Kier alpha value is -0.180. The predicted octanol–water partition coefficient (Wildman–Crippen LogP) is 6.89. The number of thiol groups is 1. The first-order chi connectivity index (χ1) is 10.7. The number of rotatable bonds is 16. The predicted molar refractivity (Wildman–Crippen MR) is 102 cm³/mol. The molecule has 22 heavy (non-hydrogen) atoms. The summed E-state index contributed by atoms with van der Waals surface area (Å²) in [6, 6.07) is 0.266. The summed E-state index contributed by atoms with van der Waals surface area (Å²) < 4.78 is 0. The molecule has 0 fully saturated rings. The third kappa shape index (κ3) is 17.9. The summed E-state index contributed by atoms with van der Waals surface area (Å²) in [6.07, 6.45) is 20.5. The van der Waals surface area contributed by atoms with Crippen LogP contribution in [0.15, 0.2) is 0 Å². The molecule has 132 valence electrons. The number of carbonyl (C=O) groups excluding carboxylic acids is 1. The normalized spacial score (nSPS) is 12.3. The molecule has 0 aromatic heterocycles. The Labute approximate surface area is 144 Å². The number of nitrogens with one attached hydrogen (secondary N) is 1. The van der Waals surface area contributed by atoms with Crippen LogP contribution in [0.2, 0.25) is 0 Å². The summed E-state index contributed by atoms with van der Waals surface area (Å²) in [5.41, 5.74) is 0. The Balaban J connectivity index is 3.07. The van der Waals surface area contributed by atoms with Crippen molar-refractivity contribution in [1.29, 1.82) is 0 Å². The third-order valence-corrected chi connectivity index (χ3v) is 4.49. The quantitative estimate of drug-likeness (QED) is 0.234. The molecule has 0 saturated carbocycles. The lowest BCUT2D eigenvalue weighted by molar-refractivity contribution is 0.257. The van der Waals surface area contributed by atoms with E-state index in [9.17, 15) is 4.79 Å². The van der Waals surface area contributed by atoms with Gasteiger partial charge in [0.25, 0.3) is 5.24 Å². The van der Waals surface area contributed by atoms with Crippen LogP contribution in [0.3, 0.4) is 0 Å². The largest absolute Gasteiger partial charge is 0.345 e. The van der Waals surface area contributed by atoms with Gasteiger partial charge in [0.05, 0.1) is 0 Å². The molecule has 3 heteroatoms. The molecule has 0 radical (unpaired) electrons. The van der Waals surface area contributed by atoms with Crippen molar-refractivity contribution in [2.24, 2.45) is 0 Å². The highest BCUT2D eigenvalue weighted by molar-refractivity contribution is 7.96. The van der Waals surface area contributed by atoms with Gasteiger partial charge in [-0.05, 0) is 13.3 Å². The van der Waals surface area contributed by atoms with Crippen LogP contribution in [-0.2, 0) is 0 Å². The molecular formula is C19H39NOS. The first kappa shape index (κ1) is 21.8. The molecule has 1 unspecified atom stereocenters. The molecule has 0 aliphatic carbocycles. The van der Waals surface area contributed by atoms with Gasteiger partial charge in [-0.15, -0.1) is 0 Å². The second-order valence-electron chi connectivity index (χ2n) is 6.74. The van der Waals surface area contributed by atoms with Crippen molar-refractivity contribution >= 4 is 17.9 Å². The Kier molecular flexibility index (Phi) is 17.0. The van der Waals surface area contributed by atoms with Crippen LogP contribution in [0.4, 0.5) is 4.79 Å². The van der Waals surface area contributed by atoms with Gasteiger partial charge >= 0.3 is 0 Å². The number of amides is 1. The van der Waals surface area contributed by atoms with E-state index in [4.69, 9.17) is 0 Å². The van der Waals surface area contributed by atoms with E-state index in [1.807, 2.05) is 0 Å². The Bertz CT molecular complexity index is 246. The molecule has 0 aliphatic rings. The molecular weight excluding hydrogens is 290 g/mol. The zero-order chi connectivity index (χ0) is 16.5. The fourth-order valence-electron chi connectivity index (χ4n) is 2.93. The molecule has 0 heterocycles. The SMILES string of the molecule is CCCCCCCCCCCCCCCCC(C)NC(=O)S. The van der Waals surface area contributed by atoms with Crippen molar-refractivity contribution in [2.75, 3.05) is 0 Å². The van der Waals surface area contributed by atoms with Gasteiger partial charge in [-0.3, -0.25) is 4.79 Å². The van der Waals surface area contributed by atoms with Crippen LogP contribution >= 0.6 is 12.6 Å². The molecule has 0 spiro atoms. The van der Waals surface area contributed by atoms with Crippen molar-refractivity contribution in [1.82, 2.24) is 5.32 Å². The highest BCUT2D eigenvalue weighted by Gasteiger charge is 2.02. The van der Waals surface area contributed by atoms with Crippen LogP contribution in [0.5, 0.6) is 0 Å². The lowest BCUT2D eigenvalue weighted by Gasteiger charge is -2.11. The fourth-order valence-corrected chi connectivity index (χ4v) is 3.15. The summed E-state index contributed by atoms with van der Waals surface area (Å²) in [7, 11) is 0. The van der Waals surface area contributed by atoms with Crippen molar-refractivity contribution in [2.45, 2.75) is 116 Å². The molecule has 1 amide bonds. The maximum absolute atomic E-state index is 10.8. The van der Waals surface area contributed by atoms with Crippen molar-refractivity contribution in [3.05, 3.63) is 0 Å². The maximum atomic E-state index is 10.8. The zero-order valence-electron chi connectivity index (χ0n) is 15.0. The summed E-state index contributed by atoms with van der Waals surface area (Å²) in [6.45, 7) is 4.33. The van der Waals surface area contributed by atoms with Gasteiger partial charge in [0.15, 0.2) is 0 Å². The van der Waals surface area contributed by atoms with E-state index >= 15 is 0 Å². The minimum absolute atomic E-state index is 0.210. The molecule has 0 saturated heterocycles. The standard InChI is InChI=1S/C19H39NOS/c1-3-4-5-6-7-8-9-10-11-12-13-14-15-16-17-18(2)20-19(21)22/h18H,3-17H2,1-2H3,(H2,20,21,22). The third-order valence-electron chi connectivity index (χ3n) is 4.36. The first-order valence-electron chi connectivity index (χ1n) is 9.66. The van der Waals surface area contributed by atoms with Crippen LogP contribution < -0.4 is 5.32 Å². The molecule has 0 bridgehead atoms. The molecule has 0 aromatic rings. The Morgan fingerprint density at radius 3 is 1.50 bits per heavy atom. The Morgan fingerprint density at radius 1 is 0.773 bits per heavy atom. The van der Waals surface area contributed by atoms with Gasteiger partial charge in [-0.1, -0.05) is 109 Å². The van der Waals surface area contributed by atoms with E-state index in [1.54, 1.807) is 0 Å². The van der Waals surface area contributed by atoms with Gasteiger partial charge in [0, 0.05) is 6.04 Å². The van der Waals surface area contributed by atoms with Crippen LogP contribution in [0, 0.1) is 0 Å². The minimum atomic E-state index is -0.210.